The fraction of sp³-hybridized carbons (Fsp3) is 0.400. The summed E-state index contributed by atoms with van der Waals surface area (Å²) in [6, 6.07) is 7.37. The second-order valence-electron chi connectivity index (χ2n) is 7.55. The van der Waals surface area contributed by atoms with Crippen LogP contribution < -0.4 is 5.32 Å². The number of benzene rings is 1. The molecule has 0 radical (unpaired) electrons. The minimum atomic E-state index is -0.176. The molecule has 1 aliphatic rings. The van der Waals surface area contributed by atoms with Crippen molar-refractivity contribution >= 4 is 34.4 Å². The van der Waals surface area contributed by atoms with Crippen molar-refractivity contribution in [3.05, 3.63) is 47.1 Å². The number of aromatic nitrogens is 4. The highest BCUT2D eigenvalue weighted by molar-refractivity contribution is 6.31. The van der Waals surface area contributed by atoms with E-state index in [1.165, 1.54) is 11.0 Å². The summed E-state index contributed by atoms with van der Waals surface area (Å²) in [7, 11) is 3.46. The van der Waals surface area contributed by atoms with Crippen LogP contribution in [0, 0.1) is 0 Å². The molecule has 3 aromatic rings. The summed E-state index contributed by atoms with van der Waals surface area (Å²) in [5.41, 5.74) is 1.87. The molecule has 0 saturated carbocycles. The van der Waals surface area contributed by atoms with Crippen molar-refractivity contribution in [1.29, 1.82) is 0 Å². The van der Waals surface area contributed by atoms with Crippen LogP contribution in [0.25, 0.3) is 10.9 Å². The van der Waals surface area contributed by atoms with Crippen molar-refractivity contribution < 1.29 is 9.59 Å². The molecule has 9 nitrogen and oxygen atoms in total. The van der Waals surface area contributed by atoms with Crippen LogP contribution in [0.3, 0.4) is 0 Å². The lowest BCUT2D eigenvalue weighted by atomic mass is 10.0. The molecule has 3 amide bonds. The van der Waals surface area contributed by atoms with Crippen molar-refractivity contribution in [2.24, 2.45) is 7.05 Å². The first kappa shape index (κ1) is 20.2. The number of likely N-dealkylation sites (N-methyl/N-ethyl adjacent to an activating group) is 1. The van der Waals surface area contributed by atoms with Gasteiger partial charge in [-0.2, -0.15) is 5.10 Å². The van der Waals surface area contributed by atoms with Gasteiger partial charge in [0.1, 0.15) is 6.33 Å². The van der Waals surface area contributed by atoms with Crippen molar-refractivity contribution in [2.45, 2.75) is 25.4 Å². The highest BCUT2D eigenvalue weighted by Gasteiger charge is 2.30. The van der Waals surface area contributed by atoms with Crippen LogP contribution in [0.15, 0.2) is 30.6 Å². The van der Waals surface area contributed by atoms with Gasteiger partial charge in [0.25, 0.3) is 5.91 Å². The average Bonchev–Trinajstić information content (AvgIpc) is 3.36. The zero-order chi connectivity index (χ0) is 21.3. The highest BCUT2D eigenvalue weighted by Crippen LogP contribution is 2.20. The lowest BCUT2D eigenvalue weighted by Crippen LogP contribution is -2.52. The fourth-order valence-electron chi connectivity index (χ4n) is 3.81. The Morgan fingerprint density at radius 1 is 1.37 bits per heavy atom. The number of carbonyl (C=O) groups excluding carboxylic acids is 2. The van der Waals surface area contributed by atoms with Gasteiger partial charge in [-0.15, -0.1) is 0 Å². The normalized spacial score (nSPS) is 16.6. The van der Waals surface area contributed by atoms with Crippen LogP contribution in [0.2, 0.25) is 5.02 Å². The molecular weight excluding hydrogens is 406 g/mol. The van der Waals surface area contributed by atoms with Gasteiger partial charge >= 0.3 is 6.03 Å². The molecule has 1 aliphatic heterocycles. The summed E-state index contributed by atoms with van der Waals surface area (Å²) in [5, 5.41) is 8.59. The van der Waals surface area contributed by atoms with Crippen molar-refractivity contribution in [3.63, 3.8) is 0 Å². The Morgan fingerprint density at radius 3 is 2.97 bits per heavy atom. The molecular formula is C20H24ClN7O2. The molecule has 1 fully saturated rings. The molecule has 4 rings (SSSR count). The first-order valence-corrected chi connectivity index (χ1v) is 10.2. The third-order valence-corrected chi connectivity index (χ3v) is 5.76. The monoisotopic (exact) mass is 429 g/mol. The lowest BCUT2D eigenvalue weighted by Gasteiger charge is -2.37. The van der Waals surface area contributed by atoms with E-state index in [4.69, 9.17) is 11.6 Å². The van der Waals surface area contributed by atoms with Crippen molar-refractivity contribution in [2.75, 3.05) is 20.1 Å². The van der Waals surface area contributed by atoms with Gasteiger partial charge in [0.2, 0.25) is 5.82 Å². The smallest absolute Gasteiger partial charge is 0.317 e. The molecule has 0 spiro atoms. The van der Waals surface area contributed by atoms with E-state index in [9.17, 15) is 9.59 Å². The summed E-state index contributed by atoms with van der Waals surface area (Å²) < 4.78 is 1.47. The predicted octanol–water partition coefficient (Wildman–Crippen LogP) is 2.40. The van der Waals surface area contributed by atoms with E-state index in [1.807, 2.05) is 24.3 Å². The van der Waals surface area contributed by atoms with Gasteiger partial charge in [0.15, 0.2) is 0 Å². The number of rotatable bonds is 4. The molecule has 1 unspecified atom stereocenters. The zero-order valence-corrected chi connectivity index (χ0v) is 17.7. The fourth-order valence-corrected chi connectivity index (χ4v) is 3.99. The number of amides is 3. The van der Waals surface area contributed by atoms with E-state index in [1.54, 1.807) is 23.9 Å². The zero-order valence-electron chi connectivity index (χ0n) is 16.9. The number of fused-ring (bicyclic) bond motifs is 1. The minimum Gasteiger partial charge on any atom is -0.357 e. The second kappa shape index (κ2) is 8.35. The first-order valence-electron chi connectivity index (χ1n) is 9.83. The largest absolute Gasteiger partial charge is 0.357 e. The van der Waals surface area contributed by atoms with Gasteiger partial charge in [-0.05, 0) is 37.1 Å². The quantitative estimate of drug-likeness (QED) is 0.665. The maximum Gasteiger partial charge on any atom is 0.317 e. The number of aryl methyl sites for hydroxylation is 1. The summed E-state index contributed by atoms with van der Waals surface area (Å²) in [4.78, 5) is 36.1. The molecule has 2 aromatic heterocycles. The summed E-state index contributed by atoms with van der Waals surface area (Å²) in [6.45, 7) is 1.50. The SMILES string of the molecule is CN(C(=O)NCc1cc2cc(Cl)ccc2[nH]1)C1CCCN(C(=O)c2ncnn2C)C1. The Morgan fingerprint density at radius 2 is 2.20 bits per heavy atom. The standard InChI is InChI=1S/C20H24ClN7O2/c1-26(16-4-3-7-28(11-16)19(29)18-23-12-24-27(18)2)20(30)22-10-15-9-13-8-14(21)5-6-17(13)25-15/h5-6,8-9,12,16,25H,3-4,7,10-11H2,1-2H3,(H,22,30). The van der Waals surface area contributed by atoms with Gasteiger partial charge in [-0.1, -0.05) is 11.6 Å². The molecule has 1 aromatic carbocycles. The number of nitrogens with zero attached hydrogens (tertiary/aromatic N) is 5. The van der Waals surface area contributed by atoms with Crippen molar-refractivity contribution in [1.82, 2.24) is 34.9 Å². The maximum absolute atomic E-state index is 12.7. The first-order chi connectivity index (χ1) is 14.4. The third-order valence-electron chi connectivity index (χ3n) is 5.52. The lowest BCUT2D eigenvalue weighted by molar-refractivity contribution is 0.0619. The molecule has 158 valence electrons. The van der Waals surface area contributed by atoms with E-state index in [0.29, 0.717) is 30.5 Å². The van der Waals surface area contributed by atoms with Crippen LogP contribution in [-0.4, -0.2) is 67.7 Å². The molecule has 1 saturated heterocycles. The van der Waals surface area contributed by atoms with Gasteiger partial charge in [-0.25, -0.2) is 14.5 Å². The van der Waals surface area contributed by atoms with Gasteiger partial charge in [-0.3, -0.25) is 4.79 Å². The predicted molar refractivity (Wildman–Crippen MR) is 113 cm³/mol. The van der Waals surface area contributed by atoms with Crippen molar-refractivity contribution in [3.8, 4) is 0 Å². The van der Waals surface area contributed by atoms with E-state index in [-0.39, 0.29) is 18.0 Å². The van der Waals surface area contributed by atoms with Crippen LogP contribution in [0.4, 0.5) is 4.79 Å². The number of halogens is 1. The third kappa shape index (κ3) is 4.11. The molecule has 0 aliphatic carbocycles. The number of aromatic amines is 1. The van der Waals surface area contributed by atoms with E-state index in [2.05, 4.69) is 20.4 Å². The Kier molecular flexibility index (Phi) is 5.63. The molecule has 1 atom stereocenters. The Bertz CT molecular complexity index is 1080. The van der Waals surface area contributed by atoms with Gasteiger partial charge in [0.05, 0.1) is 12.6 Å². The van der Waals surface area contributed by atoms with E-state index >= 15 is 0 Å². The number of hydrogen-bond donors (Lipinski definition) is 2. The van der Waals surface area contributed by atoms with E-state index < -0.39 is 0 Å². The number of nitrogens with one attached hydrogen (secondary N) is 2. The molecule has 2 N–H and O–H groups in total. The Hall–Kier alpha value is -3.07. The summed E-state index contributed by atoms with van der Waals surface area (Å²) in [6.07, 6.45) is 3.04. The Labute approximate surface area is 179 Å². The highest BCUT2D eigenvalue weighted by atomic mass is 35.5. The van der Waals surface area contributed by atoms with Crippen LogP contribution >= 0.6 is 11.6 Å². The van der Waals surface area contributed by atoms with Crippen LogP contribution in [0.5, 0.6) is 0 Å². The minimum absolute atomic E-state index is 0.0579. The number of likely N-dealkylation sites (tertiary alicyclic amines) is 1. The summed E-state index contributed by atoms with van der Waals surface area (Å²) in [5.74, 6) is 0.145. The number of piperidine rings is 1. The number of H-pyrrole nitrogens is 1. The molecule has 3 heterocycles. The average molecular weight is 430 g/mol. The molecule has 10 heteroatoms. The maximum atomic E-state index is 12.7. The number of carbonyl (C=O) groups is 2. The molecule has 30 heavy (non-hydrogen) atoms. The van der Waals surface area contributed by atoms with Gasteiger partial charge < -0.3 is 20.1 Å². The van der Waals surface area contributed by atoms with Crippen LogP contribution in [0.1, 0.15) is 29.2 Å². The topological polar surface area (TPSA) is 99.2 Å². The molecule has 0 bridgehead atoms. The van der Waals surface area contributed by atoms with Gasteiger partial charge in [0, 0.05) is 48.8 Å². The summed E-state index contributed by atoms with van der Waals surface area (Å²) >= 11 is 6.03. The van der Waals surface area contributed by atoms with Crippen LogP contribution in [-0.2, 0) is 13.6 Å². The Balaban J connectivity index is 1.35. The number of hydrogen-bond acceptors (Lipinski definition) is 4. The number of urea groups is 1. The second-order valence-corrected chi connectivity index (χ2v) is 7.99. The van der Waals surface area contributed by atoms with E-state index in [0.717, 1.165) is 29.4 Å².